The number of amides is 1. The number of hydrogen-bond donors (Lipinski definition) is 1. The Kier molecular flexibility index (Phi) is 6.08. The lowest BCUT2D eigenvalue weighted by Gasteiger charge is -2.28. The molecule has 0 bridgehead atoms. The third-order valence-corrected chi connectivity index (χ3v) is 5.26. The van der Waals surface area contributed by atoms with Crippen LogP contribution in [0.15, 0.2) is 52.6 Å². The average molecular weight is 429 g/mol. The van der Waals surface area contributed by atoms with Gasteiger partial charge in [-0.05, 0) is 23.3 Å². The zero-order valence-corrected chi connectivity index (χ0v) is 16.0. The number of fused-ring (bicyclic) bond motifs is 1. The smallest absolute Gasteiger partial charge is 0.367 e. The molecular formula is C18H18F3N3O4S. The Labute approximate surface area is 165 Å². The van der Waals surface area contributed by atoms with Crippen LogP contribution in [0.25, 0.3) is 0 Å². The number of amidine groups is 1. The highest BCUT2D eigenvalue weighted by atomic mass is 32.2. The topological polar surface area (TPSA) is 88.1 Å². The monoisotopic (exact) mass is 429 g/mol. The van der Waals surface area contributed by atoms with E-state index in [-0.39, 0.29) is 36.9 Å². The van der Waals surface area contributed by atoms with E-state index in [1.54, 1.807) is 41.4 Å². The molecule has 0 radical (unpaired) electrons. The first-order valence-electron chi connectivity index (χ1n) is 8.62. The molecule has 156 valence electrons. The fraction of sp³-hybridized carbons (Fsp3) is 0.333. The summed E-state index contributed by atoms with van der Waals surface area (Å²) in [4.78, 5) is 14.1. The predicted molar refractivity (Wildman–Crippen MR) is 99.2 cm³/mol. The van der Waals surface area contributed by atoms with E-state index in [1.807, 2.05) is 0 Å². The SMILES string of the molecule is O=C(NCc1ccc(COCC(F)(F)F)cc1)C1=CC=CN2CCS(=O)(=O)N=C12. The van der Waals surface area contributed by atoms with E-state index in [2.05, 4.69) is 14.5 Å². The highest BCUT2D eigenvalue weighted by molar-refractivity contribution is 7.90. The van der Waals surface area contributed by atoms with Gasteiger partial charge < -0.3 is 15.0 Å². The van der Waals surface area contributed by atoms with Crippen LogP contribution in [0.3, 0.4) is 0 Å². The maximum Gasteiger partial charge on any atom is 0.411 e. The van der Waals surface area contributed by atoms with Crippen LogP contribution in [0.1, 0.15) is 11.1 Å². The van der Waals surface area contributed by atoms with Gasteiger partial charge in [0.25, 0.3) is 15.9 Å². The number of nitrogens with zero attached hydrogens (tertiary/aromatic N) is 2. The van der Waals surface area contributed by atoms with Gasteiger partial charge >= 0.3 is 6.18 Å². The maximum atomic E-state index is 12.5. The van der Waals surface area contributed by atoms with Crippen molar-refractivity contribution < 1.29 is 31.1 Å². The lowest BCUT2D eigenvalue weighted by molar-refractivity contribution is -0.176. The number of carbonyl (C=O) groups is 1. The van der Waals surface area contributed by atoms with Crippen molar-refractivity contribution in [3.8, 4) is 0 Å². The van der Waals surface area contributed by atoms with Crippen LogP contribution in [0, 0.1) is 0 Å². The number of halogens is 3. The van der Waals surface area contributed by atoms with Crippen molar-refractivity contribution in [1.29, 1.82) is 0 Å². The van der Waals surface area contributed by atoms with Crippen LogP contribution in [0.5, 0.6) is 0 Å². The van der Waals surface area contributed by atoms with Gasteiger partial charge in [-0.15, -0.1) is 4.40 Å². The molecule has 1 aromatic rings. The van der Waals surface area contributed by atoms with Crippen molar-refractivity contribution in [2.24, 2.45) is 4.40 Å². The standard InChI is InChI=1S/C18H18F3N3O4S/c19-18(20,21)12-28-11-14-5-3-13(4-6-14)10-22-17(25)15-2-1-7-24-8-9-29(26,27)23-16(15)24/h1-7H,8-12H2,(H,22,25). The van der Waals surface area contributed by atoms with Gasteiger partial charge in [-0.3, -0.25) is 4.79 Å². The van der Waals surface area contributed by atoms with Crippen molar-refractivity contribution in [1.82, 2.24) is 10.2 Å². The summed E-state index contributed by atoms with van der Waals surface area (Å²) in [7, 11) is -3.60. The zero-order valence-electron chi connectivity index (χ0n) is 15.1. The normalized spacial score (nSPS) is 18.0. The summed E-state index contributed by atoms with van der Waals surface area (Å²) in [6.45, 7) is -1.11. The molecule has 7 nitrogen and oxygen atoms in total. The van der Waals surface area contributed by atoms with Gasteiger partial charge in [-0.25, -0.2) is 8.42 Å². The minimum Gasteiger partial charge on any atom is -0.367 e. The Balaban J connectivity index is 1.57. The Bertz CT molecular complexity index is 967. The molecule has 0 atom stereocenters. The fourth-order valence-corrected chi connectivity index (χ4v) is 3.69. The lowest BCUT2D eigenvalue weighted by atomic mass is 10.1. The second-order valence-electron chi connectivity index (χ2n) is 6.42. The molecule has 2 aliphatic heterocycles. The van der Waals surface area contributed by atoms with E-state index in [4.69, 9.17) is 0 Å². The van der Waals surface area contributed by atoms with Crippen LogP contribution in [-0.4, -0.2) is 50.1 Å². The number of allylic oxidation sites excluding steroid dienone is 2. The van der Waals surface area contributed by atoms with Crippen molar-refractivity contribution >= 4 is 21.8 Å². The highest BCUT2D eigenvalue weighted by Crippen LogP contribution is 2.18. The second-order valence-corrected chi connectivity index (χ2v) is 8.18. The minimum absolute atomic E-state index is 0.0911. The molecule has 1 N–H and O–H groups in total. The van der Waals surface area contributed by atoms with Gasteiger partial charge in [0.05, 0.1) is 17.9 Å². The van der Waals surface area contributed by atoms with E-state index in [0.29, 0.717) is 5.56 Å². The molecule has 11 heteroatoms. The van der Waals surface area contributed by atoms with Gasteiger partial charge in [-0.2, -0.15) is 13.2 Å². The van der Waals surface area contributed by atoms with Gasteiger partial charge in [-0.1, -0.05) is 24.3 Å². The van der Waals surface area contributed by atoms with Crippen molar-refractivity contribution in [2.75, 3.05) is 18.9 Å². The minimum atomic E-state index is -4.37. The third kappa shape index (κ3) is 5.91. The second kappa shape index (κ2) is 8.37. The molecule has 0 fully saturated rings. The number of rotatable bonds is 6. The summed E-state index contributed by atoms with van der Waals surface area (Å²) in [5, 5.41) is 2.69. The quantitative estimate of drug-likeness (QED) is 0.746. The highest BCUT2D eigenvalue weighted by Gasteiger charge is 2.30. The molecule has 1 amide bonds. The molecular weight excluding hydrogens is 411 g/mol. The summed E-state index contributed by atoms with van der Waals surface area (Å²) in [6, 6.07) is 6.55. The molecule has 3 rings (SSSR count). The van der Waals surface area contributed by atoms with E-state index in [9.17, 15) is 26.4 Å². The van der Waals surface area contributed by atoms with Gasteiger partial charge in [0.1, 0.15) is 6.61 Å². The molecule has 29 heavy (non-hydrogen) atoms. The lowest BCUT2D eigenvalue weighted by Crippen LogP contribution is -2.42. The Hall–Kier alpha value is -2.66. The van der Waals surface area contributed by atoms with Crippen LogP contribution in [-0.2, 0) is 32.7 Å². The number of carbonyl (C=O) groups excluding carboxylic acids is 1. The van der Waals surface area contributed by atoms with Crippen molar-refractivity contribution in [3.05, 3.63) is 59.3 Å². The molecule has 0 unspecified atom stereocenters. The maximum absolute atomic E-state index is 12.5. The van der Waals surface area contributed by atoms with Crippen LogP contribution in [0.4, 0.5) is 13.2 Å². The van der Waals surface area contributed by atoms with Gasteiger partial charge in [0.15, 0.2) is 5.84 Å². The summed E-state index contributed by atoms with van der Waals surface area (Å²) in [5.74, 6) is -0.504. The molecule has 0 aliphatic carbocycles. The Morgan fingerprint density at radius 1 is 1.21 bits per heavy atom. The number of hydrogen-bond acceptors (Lipinski definition) is 5. The first-order valence-corrected chi connectivity index (χ1v) is 10.2. The largest absolute Gasteiger partial charge is 0.411 e. The van der Waals surface area contributed by atoms with Crippen molar-refractivity contribution in [3.63, 3.8) is 0 Å². The number of benzene rings is 1. The molecule has 0 saturated heterocycles. The number of alkyl halides is 3. The number of ether oxygens (including phenoxy) is 1. The molecule has 0 spiro atoms. The molecule has 2 aliphatic rings. The van der Waals surface area contributed by atoms with E-state index in [1.165, 1.54) is 6.08 Å². The molecule has 0 aromatic heterocycles. The van der Waals surface area contributed by atoms with E-state index < -0.39 is 28.7 Å². The van der Waals surface area contributed by atoms with E-state index >= 15 is 0 Å². The summed E-state index contributed by atoms with van der Waals surface area (Å²) in [6.07, 6.45) is 0.419. The number of sulfonamides is 1. The number of nitrogens with one attached hydrogen (secondary N) is 1. The summed E-state index contributed by atoms with van der Waals surface area (Å²) >= 11 is 0. The fourth-order valence-electron chi connectivity index (χ4n) is 2.71. The average Bonchev–Trinajstić information content (AvgIpc) is 2.65. The summed E-state index contributed by atoms with van der Waals surface area (Å²) in [5.41, 5.74) is 1.44. The van der Waals surface area contributed by atoms with Crippen LogP contribution < -0.4 is 5.32 Å². The predicted octanol–water partition coefficient (Wildman–Crippen LogP) is 1.88. The van der Waals surface area contributed by atoms with Crippen LogP contribution >= 0.6 is 0 Å². The zero-order chi connectivity index (χ0) is 21.1. The first kappa shape index (κ1) is 21.1. The molecule has 1 aromatic carbocycles. The van der Waals surface area contributed by atoms with E-state index in [0.717, 1.165) is 5.56 Å². The van der Waals surface area contributed by atoms with Gasteiger partial charge in [0, 0.05) is 19.3 Å². The molecule has 0 saturated carbocycles. The van der Waals surface area contributed by atoms with Gasteiger partial charge in [0.2, 0.25) is 0 Å². The van der Waals surface area contributed by atoms with Crippen LogP contribution in [0.2, 0.25) is 0 Å². The Morgan fingerprint density at radius 2 is 1.90 bits per heavy atom. The summed E-state index contributed by atoms with van der Waals surface area (Å²) < 4.78 is 68.0. The van der Waals surface area contributed by atoms with Crippen molar-refractivity contribution in [2.45, 2.75) is 19.3 Å². The first-order chi connectivity index (χ1) is 13.6. The Morgan fingerprint density at radius 3 is 2.59 bits per heavy atom. The third-order valence-electron chi connectivity index (χ3n) is 4.11. The molecule has 2 heterocycles.